The van der Waals surface area contributed by atoms with Gasteiger partial charge in [0.1, 0.15) is 0 Å². The summed E-state index contributed by atoms with van der Waals surface area (Å²) in [5.41, 5.74) is 13.9. The van der Waals surface area contributed by atoms with Gasteiger partial charge in [-0.1, -0.05) is 0 Å². The standard InChI is InChI=1S/C13H14N4OS/c14-7-4-5-8(9(15)6-7)12(18)17-13-16-10-2-1-3-11(10)19-13/h4-6H,1-3,14-15H2,(H,16,17,18). The highest BCUT2D eigenvalue weighted by Gasteiger charge is 2.18. The Kier molecular flexibility index (Phi) is 2.87. The van der Waals surface area contributed by atoms with Gasteiger partial charge >= 0.3 is 0 Å². The van der Waals surface area contributed by atoms with E-state index >= 15 is 0 Å². The first kappa shape index (κ1) is 12.0. The molecule has 5 nitrogen and oxygen atoms in total. The number of carbonyl (C=O) groups is 1. The average molecular weight is 274 g/mol. The molecule has 19 heavy (non-hydrogen) atoms. The molecule has 5 N–H and O–H groups in total. The molecule has 2 aromatic rings. The second-order valence-corrected chi connectivity index (χ2v) is 5.63. The molecule has 0 aliphatic heterocycles. The van der Waals surface area contributed by atoms with Gasteiger partial charge in [0.25, 0.3) is 5.91 Å². The SMILES string of the molecule is Nc1ccc(C(=O)Nc2nc3c(s2)CCC3)c(N)c1. The van der Waals surface area contributed by atoms with Crippen LogP contribution in [-0.4, -0.2) is 10.9 Å². The molecule has 0 saturated heterocycles. The van der Waals surface area contributed by atoms with Gasteiger partial charge in [-0.2, -0.15) is 0 Å². The predicted octanol–water partition coefficient (Wildman–Crippen LogP) is 2.05. The minimum Gasteiger partial charge on any atom is -0.399 e. The molecular weight excluding hydrogens is 260 g/mol. The van der Waals surface area contributed by atoms with Gasteiger partial charge in [0, 0.05) is 16.3 Å². The Bertz CT molecular complexity index is 629. The summed E-state index contributed by atoms with van der Waals surface area (Å²) in [5.74, 6) is -0.245. The lowest BCUT2D eigenvalue weighted by molar-refractivity contribution is 0.102. The highest BCUT2D eigenvalue weighted by molar-refractivity contribution is 7.16. The molecule has 0 bridgehead atoms. The van der Waals surface area contributed by atoms with Crippen LogP contribution in [0.5, 0.6) is 0 Å². The fourth-order valence-electron chi connectivity index (χ4n) is 2.20. The van der Waals surface area contributed by atoms with Gasteiger partial charge in [0.15, 0.2) is 5.13 Å². The van der Waals surface area contributed by atoms with Crippen LogP contribution in [0.15, 0.2) is 18.2 Å². The zero-order chi connectivity index (χ0) is 13.4. The van der Waals surface area contributed by atoms with Crippen molar-refractivity contribution in [3.63, 3.8) is 0 Å². The first-order valence-electron chi connectivity index (χ1n) is 6.08. The van der Waals surface area contributed by atoms with E-state index in [0.29, 0.717) is 22.1 Å². The van der Waals surface area contributed by atoms with E-state index in [2.05, 4.69) is 10.3 Å². The topological polar surface area (TPSA) is 94.0 Å². The van der Waals surface area contributed by atoms with E-state index in [9.17, 15) is 4.79 Å². The summed E-state index contributed by atoms with van der Waals surface area (Å²) in [4.78, 5) is 17.8. The highest BCUT2D eigenvalue weighted by Crippen LogP contribution is 2.30. The van der Waals surface area contributed by atoms with Crippen molar-refractivity contribution in [1.29, 1.82) is 0 Å². The third kappa shape index (κ3) is 2.26. The molecule has 0 unspecified atom stereocenters. The highest BCUT2D eigenvalue weighted by atomic mass is 32.1. The van der Waals surface area contributed by atoms with Crippen LogP contribution < -0.4 is 16.8 Å². The second-order valence-electron chi connectivity index (χ2n) is 4.54. The van der Waals surface area contributed by atoms with Crippen LogP contribution in [0.2, 0.25) is 0 Å². The Morgan fingerprint density at radius 3 is 2.89 bits per heavy atom. The number of rotatable bonds is 2. The maximum absolute atomic E-state index is 12.1. The lowest BCUT2D eigenvalue weighted by Gasteiger charge is -2.06. The van der Waals surface area contributed by atoms with E-state index in [1.807, 2.05) is 0 Å². The van der Waals surface area contributed by atoms with Crippen LogP contribution in [-0.2, 0) is 12.8 Å². The number of anilines is 3. The number of hydrogen-bond acceptors (Lipinski definition) is 5. The van der Waals surface area contributed by atoms with Gasteiger partial charge in [-0.25, -0.2) is 4.98 Å². The molecule has 0 atom stereocenters. The van der Waals surface area contributed by atoms with Gasteiger partial charge in [-0.15, -0.1) is 11.3 Å². The van der Waals surface area contributed by atoms with Crippen LogP contribution in [0.4, 0.5) is 16.5 Å². The Balaban J connectivity index is 1.80. The number of nitrogen functional groups attached to an aromatic ring is 2. The number of thiazole rings is 1. The van der Waals surface area contributed by atoms with Gasteiger partial charge in [-0.05, 0) is 37.5 Å². The van der Waals surface area contributed by atoms with Gasteiger partial charge in [0.05, 0.1) is 11.3 Å². The first-order chi connectivity index (χ1) is 9.13. The minimum atomic E-state index is -0.245. The fraction of sp³-hybridized carbons (Fsp3) is 0.231. The number of nitrogens with one attached hydrogen (secondary N) is 1. The summed E-state index contributed by atoms with van der Waals surface area (Å²) < 4.78 is 0. The number of benzene rings is 1. The third-order valence-corrected chi connectivity index (χ3v) is 4.21. The Morgan fingerprint density at radius 1 is 1.32 bits per heavy atom. The predicted molar refractivity (Wildman–Crippen MR) is 77.4 cm³/mol. The zero-order valence-electron chi connectivity index (χ0n) is 10.3. The van der Waals surface area contributed by atoms with Crippen LogP contribution in [0.3, 0.4) is 0 Å². The summed E-state index contributed by atoms with van der Waals surface area (Å²) in [6.07, 6.45) is 3.23. The molecular formula is C13H14N4OS. The number of fused-ring (bicyclic) bond motifs is 1. The van der Waals surface area contributed by atoms with Crippen molar-refractivity contribution in [2.75, 3.05) is 16.8 Å². The number of nitrogens with two attached hydrogens (primary N) is 2. The van der Waals surface area contributed by atoms with Crippen LogP contribution in [0.25, 0.3) is 0 Å². The van der Waals surface area contributed by atoms with E-state index in [1.165, 1.54) is 4.88 Å². The van der Waals surface area contributed by atoms with Crippen molar-refractivity contribution in [2.45, 2.75) is 19.3 Å². The number of amides is 1. The van der Waals surface area contributed by atoms with E-state index < -0.39 is 0 Å². The van der Waals surface area contributed by atoms with Crippen molar-refractivity contribution in [1.82, 2.24) is 4.98 Å². The number of aromatic nitrogens is 1. The van der Waals surface area contributed by atoms with Crippen molar-refractivity contribution in [3.8, 4) is 0 Å². The number of aryl methyl sites for hydroxylation is 2. The first-order valence-corrected chi connectivity index (χ1v) is 6.90. The summed E-state index contributed by atoms with van der Waals surface area (Å²) in [6, 6.07) is 4.87. The quantitative estimate of drug-likeness (QED) is 0.730. The molecule has 0 spiro atoms. The van der Waals surface area contributed by atoms with E-state index in [4.69, 9.17) is 11.5 Å². The molecule has 1 heterocycles. The van der Waals surface area contributed by atoms with Crippen molar-refractivity contribution >= 4 is 33.8 Å². The fourth-order valence-corrected chi connectivity index (χ4v) is 3.24. The molecule has 6 heteroatoms. The minimum absolute atomic E-state index is 0.245. The monoisotopic (exact) mass is 274 g/mol. The molecule has 0 radical (unpaired) electrons. The maximum atomic E-state index is 12.1. The van der Waals surface area contributed by atoms with E-state index in [0.717, 1.165) is 25.0 Å². The van der Waals surface area contributed by atoms with Crippen LogP contribution in [0.1, 0.15) is 27.3 Å². The van der Waals surface area contributed by atoms with Gasteiger partial charge in [0.2, 0.25) is 0 Å². The Morgan fingerprint density at radius 2 is 2.16 bits per heavy atom. The lowest BCUT2D eigenvalue weighted by Crippen LogP contribution is -2.14. The van der Waals surface area contributed by atoms with Gasteiger partial charge < -0.3 is 11.5 Å². The number of nitrogens with zero attached hydrogens (tertiary/aromatic N) is 1. The Labute approximate surface area is 114 Å². The van der Waals surface area contributed by atoms with Crippen molar-refractivity contribution < 1.29 is 4.79 Å². The van der Waals surface area contributed by atoms with Crippen molar-refractivity contribution in [2.24, 2.45) is 0 Å². The van der Waals surface area contributed by atoms with Crippen molar-refractivity contribution in [3.05, 3.63) is 34.3 Å². The van der Waals surface area contributed by atoms with E-state index in [1.54, 1.807) is 29.5 Å². The molecule has 98 valence electrons. The molecule has 0 saturated carbocycles. The maximum Gasteiger partial charge on any atom is 0.259 e. The zero-order valence-corrected chi connectivity index (χ0v) is 11.1. The molecule has 0 fully saturated rings. The summed E-state index contributed by atoms with van der Waals surface area (Å²) in [7, 11) is 0. The molecule has 1 aliphatic rings. The lowest BCUT2D eigenvalue weighted by atomic mass is 10.1. The van der Waals surface area contributed by atoms with E-state index in [-0.39, 0.29) is 5.91 Å². The molecule has 3 rings (SSSR count). The molecule has 1 amide bonds. The smallest absolute Gasteiger partial charge is 0.259 e. The summed E-state index contributed by atoms with van der Waals surface area (Å²) in [5, 5.41) is 3.44. The molecule has 1 aromatic heterocycles. The molecule has 1 aliphatic carbocycles. The second kappa shape index (κ2) is 4.55. The number of hydrogen-bond donors (Lipinski definition) is 3. The largest absolute Gasteiger partial charge is 0.399 e. The number of carbonyl (C=O) groups excluding carboxylic acids is 1. The molecule has 1 aromatic carbocycles. The third-order valence-electron chi connectivity index (χ3n) is 3.14. The summed E-state index contributed by atoms with van der Waals surface area (Å²) >= 11 is 1.55. The Hall–Kier alpha value is -2.08. The van der Waals surface area contributed by atoms with Crippen LogP contribution >= 0.6 is 11.3 Å². The van der Waals surface area contributed by atoms with Gasteiger partial charge in [-0.3, -0.25) is 10.1 Å². The van der Waals surface area contributed by atoms with Crippen LogP contribution in [0, 0.1) is 0 Å². The average Bonchev–Trinajstić information content (AvgIpc) is 2.89. The normalized spacial score (nSPS) is 13.3. The summed E-state index contributed by atoms with van der Waals surface area (Å²) in [6.45, 7) is 0.